The molecule has 9 heteroatoms. The van der Waals surface area contributed by atoms with E-state index in [0.29, 0.717) is 30.4 Å². The Bertz CT molecular complexity index is 1230. The molecule has 1 fully saturated rings. The molecular weight excluding hydrogens is 524 g/mol. The standard InChI is InChI=1S/C31H38N4O4S/c1-39-18-17-35(30(38)25-15-9-4-10-16-25)21-29(37)34-31-32-26(22-40-31)20-28(36)33-27(24-13-7-3-8-14-24)19-23-11-5-2-6-12-23/h2-3,5-8,11-14,22,25,27H,4,9-10,15-21H2,1H3,(H,33,36)(H,32,34,37)/t27-/m0/s1. The average molecular weight is 563 g/mol. The summed E-state index contributed by atoms with van der Waals surface area (Å²) in [5.74, 6) is -0.453. The van der Waals surface area contributed by atoms with Gasteiger partial charge in [0.1, 0.15) is 6.54 Å². The van der Waals surface area contributed by atoms with E-state index in [1.165, 1.54) is 11.3 Å². The zero-order chi connectivity index (χ0) is 28.2. The molecule has 212 valence electrons. The Kier molecular flexibility index (Phi) is 11.2. The summed E-state index contributed by atoms with van der Waals surface area (Å²) >= 11 is 1.27. The second kappa shape index (κ2) is 15.3. The molecule has 1 heterocycles. The fourth-order valence-electron chi connectivity index (χ4n) is 5.05. The molecule has 8 nitrogen and oxygen atoms in total. The molecule has 4 rings (SSSR count). The Morgan fingerprint density at radius 1 is 1.00 bits per heavy atom. The molecule has 2 N–H and O–H groups in total. The van der Waals surface area contributed by atoms with Gasteiger partial charge in [0.25, 0.3) is 0 Å². The molecule has 3 aromatic rings. The van der Waals surface area contributed by atoms with E-state index in [0.717, 1.165) is 43.2 Å². The highest BCUT2D eigenvalue weighted by molar-refractivity contribution is 7.13. The summed E-state index contributed by atoms with van der Waals surface area (Å²) in [6.07, 6.45) is 5.78. The molecule has 0 bridgehead atoms. The molecule has 1 aliphatic rings. The summed E-state index contributed by atoms with van der Waals surface area (Å²) in [6.45, 7) is 0.691. The summed E-state index contributed by atoms with van der Waals surface area (Å²) in [5, 5.41) is 8.14. The number of methoxy groups -OCH3 is 1. The molecule has 0 radical (unpaired) electrons. The molecule has 1 saturated carbocycles. The summed E-state index contributed by atoms with van der Waals surface area (Å²) in [7, 11) is 1.58. The summed E-state index contributed by atoms with van der Waals surface area (Å²) < 4.78 is 5.16. The van der Waals surface area contributed by atoms with Crippen LogP contribution in [0.15, 0.2) is 66.0 Å². The number of hydrogen-bond acceptors (Lipinski definition) is 6. The highest BCUT2D eigenvalue weighted by Gasteiger charge is 2.27. The minimum absolute atomic E-state index is 0.0203. The number of nitrogens with zero attached hydrogens (tertiary/aromatic N) is 2. The van der Waals surface area contributed by atoms with Crippen molar-refractivity contribution >= 4 is 34.2 Å². The second-order valence-electron chi connectivity index (χ2n) is 10.2. The van der Waals surface area contributed by atoms with Crippen LogP contribution in [0.2, 0.25) is 0 Å². The number of amides is 3. The van der Waals surface area contributed by atoms with Crippen molar-refractivity contribution in [1.29, 1.82) is 0 Å². The number of benzene rings is 2. The lowest BCUT2D eigenvalue weighted by molar-refractivity contribution is -0.139. The first kappa shape index (κ1) is 29.4. The second-order valence-corrected chi connectivity index (χ2v) is 11.0. The van der Waals surface area contributed by atoms with Crippen molar-refractivity contribution in [3.05, 3.63) is 82.9 Å². The van der Waals surface area contributed by atoms with Crippen LogP contribution in [0.1, 0.15) is 55.0 Å². The summed E-state index contributed by atoms with van der Waals surface area (Å²) in [4.78, 5) is 44.9. The van der Waals surface area contributed by atoms with Crippen LogP contribution in [-0.2, 0) is 32.0 Å². The maximum Gasteiger partial charge on any atom is 0.245 e. The minimum Gasteiger partial charge on any atom is -0.383 e. The van der Waals surface area contributed by atoms with E-state index >= 15 is 0 Å². The van der Waals surface area contributed by atoms with E-state index in [1.807, 2.05) is 48.5 Å². The molecule has 0 aliphatic heterocycles. The highest BCUT2D eigenvalue weighted by atomic mass is 32.1. The van der Waals surface area contributed by atoms with Crippen molar-refractivity contribution in [3.63, 3.8) is 0 Å². The monoisotopic (exact) mass is 562 g/mol. The van der Waals surface area contributed by atoms with Gasteiger partial charge >= 0.3 is 0 Å². The Balaban J connectivity index is 1.32. The van der Waals surface area contributed by atoms with E-state index in [-0.39, 0.29) is 42.6 Å². The molecule has 40 heavy (non-hydrogen) atoms. The molecule has 0 unspecified atom stereocenters. The molecule has 0 spiro atoms. The van der Waals surface area contributed by atoms with E-state index in [9.17, 15) is 14.4 Å². The van der Waals surface area contributed by atoms with Gasteiger partial charge in [0.05, 0.1) is 24.8 Å². The van der Waals surface area contributed by atoms with E-state index in [1.54, 1.807) is 17.4 Å². The number of rotatable bonds is 13. The van der Waals surface area contributed by atoms with Crippen molar-refractivity contribution in [2.24, 2.45) is 5.92 Å². The third kappa shape index (κ3) is 8.99. The van der Waals surface area contributed by atoms with Gasteiger partial charge in [-0.25, -0.2) is 4.98 Å². The Labute approximate surface area is 240 Å². The Morgan fingerprint density at radius 3 is 2.40 bits per heavy atom. The molecule has 1 atom stereocenters. The van der Waals surface area contributed by atoms with Crippen LogP contribution in [-0.4, -0.2) is 54.4 Å². The fourth-order valence-corrected chi connectivity index (χ4v) is 5.78. The van der Waals surface area contributed by atoms with Crippen molar-refractivity contribution in [3.8, 4) is 0 Å². The van der Waals surface area contributed by atoms with Gasteiger partial charge in [-0.1, -0.05) is 79.9 Å². The van der Waals surface area contributed by atoms with Crippen LogP contribution in [0, 0.1) is 5.92 Å². The molecular formula is C31H38N4O4S. The number of anilines is 1. The van der Waals surface area contributed by atoms with Crippen LogP contribution in [0.25, 0.3) is 0 Å². The lowest BCUT2D eigenvalue weighted by atomic mass is 9.88. The van der Waals surface area contributed by atoms with Crippen molar-refractivity contribution in [1.82, 2.24) is 15.2 Å². The van der Waals surface area contributed by atoms with Crippen LogP contribution in [0.4, 0.5) is 5.13 Å². The number of ether oxygens (including phenoxy) is 1. The summed E-state index contributed by atoms with van der Waals surface area (Å²) in [5.41, 5.74) is 2.75. The first-order valence-corrected chi connectivity index (χ1v) is 14.8. The third-order valence-electron chi connectivity index (χ3n) is 7.13. The first-order valence-electron chi connectivity index (χ1n) is 13.9. The van der Waals surface area contributed by atoms with E-state index < -0.39 is 0 Å². The zero-order valence-electron chi connectivity index (χ0n) is 23.0. The van der Waals surface area contributed by atoms with Gasteiger partial charge < -0.3 is 20.3 Å². The van der Waals surface area contributed by atoms with Crippen molar-refractivity contribution in [2.45, 2.75) is 51.0 Å². The zero-order valence-corrected chi connectivity index (χ0v) is 23.8. The van der Waals surface area contributed by atoms with Crippen LogP contribution in [0.5, 0.6) is 0 Å². The average Bonchev–Trinajstić information content (AvgIpc) is 3.42. The number of nitrogens with one attached hydrogen (secondary N) is 2. The van der Waals surface area contributed by atoms with Gasteiger partial charge in [0.15, 0.2) is 5.13 Å². The van der Waals surface area contributed by atoms with Gasteiger partial charge in [-0.2, -0.15) is 0 Å². The highest BCUT2D eigenvalue weighted by Crippen LogP contribution is 2.26. The topological polar surface area (TPSA) is 101 Å². The summed E-state index contributed by atoms with van der Waals surface area (Å²) in [6, 6.07) is 19.8. The molecule has 1 aliphatic carbocycles. The molecule has 0 saturated heterocycles. The van der Waals surface area contributed by atoms with Crippen molar-refractivity contribution in [2.75, 3.05) is 32.1 Å². The van der Waals surface area contributed by atoms with Crippen molar-refractivity contribution < 1.29 is 19.1 Å². The number of hydrogen-bond donors (Lipinski definition) is 2. The lowest BCUT2D eigenvalue weighted by Crippen LogP contribution is -2.43. The number of thiazole rings is 1. The number of carbonyl (C=O) groups is 3. The predicted molar refractivity (Wildman–Crippen MR) is 157 cm³/mol. The van der Waals surface area contributed by atoms with Crippen LogP contribution in [0.3, 0.4) is 0 Å². The van der Waals surface area contributed by atoms with Gasteiger partial charge in [0, 0.05) is 25.0 Å². The maximum absolute atomic E-state index is 13.1. The number of aromatic nitrogens is 1. The largest absolute Gasteiger partial charge is 0.383 e. The maximum atomic E-state index is 13.1. The van der Waals surface area contributed by atoms with Gasteiger partial charge in [-0.3, -0.25) is 14.4 Å². The molecule has 2 aromatic carbocycles. The predicted octanol–water partition coefficient (Wildman–Crippen LogP) is 4.78. The van der Waals surface area contributed by atoms with Crippen LogP contribution >= 0.6 is 11.3 Å². The van der Waals surface area contributed by atoms with E-state index in [2.05, 4.69) is 27.8 Å². The van der Waals surface area contributed by atoms with Gasteiger partial charge in [-0.05, 0) is 30.4 Å². The number of carbonyl (C=O) groups excluding carboxylic acids is 3. The quantitative estimate of drug-likeness (QED) is 0.312. The SMILES string of the molecule is COCCN(CC(=O)Nc1nc(CC(=O)N[C@@H](Cc2ccccc2)c2ccccc2)cs1)C(=O)C1CCCCC1. The molecule has 3 amide bonds. The Hall–Kier alpha value is -3.56. The van der Waals surface area contributed by atoms with E-state index in [4.69, 9.17) is 4.74 Å². The van der Waals surface area contributed by atoms with Gasteiger partial charge in [0.2, 0.25) is 17.7 Å². The normalized spacial score (nSPS) is 14.3. The van der Waals surface area contributed by atoms with Gasteiger partial charge in [-0.15, -0.1) is 11.3 Å². The lowest BCUT2D eigenvalue weighted by Gasteiger charge is -2.28. The smallest absolute Gasteiger partial charge is 0.245 e. The third-order valence-corrected chi connectivity index (χ3v) is 7.93. The van der Waals surface area contributed by atoms with Crippen LogP contribution < -0.4 is 10.6 Å². The minimum atomic E-state index is -0.308. The first-order chi connectivity index (χ1) is 19.5. The fraction of sp³-hybridized carbons (Fsp3) is 0.419. The Morgan fingerprint density at radius 2 is 1.70 bits per heavy atom. The molecule has 1 aromatic heterocycles.